The van der Waals surface area contributed by atoms with Crippen molar-refractivity contribution in [2.45, 2.75) is 38.5 Å². The molecule has 0 amide bonds. The fourth-order valence-corrected chi connectivity index (χ4v) is 2.97. The number of aryl methyl sites for hydroxylation is 1. The van der Waals surface area contributed by atoms with E-state index < -0.39 is 0 Å². The van der Waals surface area contributed by atoms with Crippen LogP contribution in [0, 0.1) is 0 Å². The molecule has 2 aromatic rings. The first-order valence-electron chi connectivity index (χ1n) is 7.34. The quantitative estimate of drug-likeness (QED) is 0.916. The third-order valence-corrected chi connectivity index (χ3v) is 4.09. The average Bonchev–Trinajstić information content (AvgIpc) is 2.53. The Kier molecular flexibility index (Phi) is 4.14. The minimum absolute atomic E-state index is 0.228. The molecule has 0 radical (unpaired) electrons. The second-order valence-corrected chi connectivity index (χ2v) is 5.36. The van der Waals surface area contributed by atoms with E-state index >= 15 is 0 Å². The van der Waals surface area contributed by atoms with Gasteiger partial charge in [-0.05, 0) is 41.5 Å². The molecular formula is C18H21NO. The molecule has 0 aromatic heterocycles. The molecule has 0 saturated carbocycles. The largest absolute Gasteiger partial charge is 0.369 e. The van der Waals surface area contributed by atoms with Gasteiger partial charge in [-0.25, -0.2) is 0 Å². The van der Waals surface area contributed by atoms with Crippen molar-refractivity contribution >= 4 is 0 Å². The Morgan fingerprint density at radius 1 is 1.00 bits per heavy atom. The van der Waals surface area contributed by atoms with E-state index in [-0.39, 0.29) is 6.10 Å². The summed E-state index contributed by atoms with van der Waals surface area (Å²) >= 11 is 0. The summed E-state index contributed by atoms with van der Waals surface area (Å²) < 4.78 is 6.18. The van der Waals surface area contributed by atoms with Crippen LogP contribution in [0.15, 0.2) is 48.5 Å². The highest BCUT2D eigenvalue weighted by atomic mass is 16.5. The zero-order valence-electron chi connectivity index (χ0n) is 11.7. The summed E-state index contributed by atoms with van der Waals surface area (Å²) in [6, 6.07) is 16.9. The first kappa shape index (κ1) is 13.3. The fourth-order valence-electron chi connectivity index (χ4n) is 2.97. The smallest absolute Gasteiger partial charge is 0.0832 e. The molecule has 1 atom stereocenters. The van der Waals surface area contributed by atoms with E-state index in [1.807, 2.05) is 12.1 Å². The van der Waals surface area contributed by atoms with Crippen molar-refractivity contribution in [1.29, 1.82) is 0 Å². The van der Waals surface area contributed by atoms with Crippen LogP contribution >= 0.6 is 0 Å². The average molecular weight is 267 g/mol. The first-order valence-corrected chi connectivity index (χ1v) is 7.34. The highest BCUT2D eigenvalue weighted by Crippen LogP contribution is 2.33. The lowest BCUT2D eigenvalue weighted by molar-refractivity contribution is 0.0279. The highest BCUT2D eigenvalue weighted by molar-refractivity contribution is 5.31. The van der Waals surface area contributed by atoms with Gasteiger partial charge < -0.3 is 10.5 Å². The van der Waals surface area contributed by atoms with Crippen molar-refractivity contribution < 1.29 is 4.74 Å². The number of ether oxygens (including phenoxy) is 1. The van der Waals surface area contributed by atoms with Crippen molar-refractivity contribution in [2.24, 2.45) is 5.73 Å². The van der Waals surface area contributed by atoms with Crippen LogP contribution in [0.3, 0.4) is 0 Å². The van der Waals surface area contributed by atoms with E-state index in [0.29, 0.717) is 13.2 Å². The lowest BCUT2D eigenvalue weighted by atomic mass is 9.89. The third kappa shape index (κ3) is 2.77. The second kappa shape index (κ2) is 6.21. The molecule has 0 fully saturated rings. The summed E-state index contributed by atoms with van der Waals surface area (Å²) in [4.78, 5) is 0. The molecule has 0 saturated heterocycles. The minimum Gasteiger partial charge on any atom is -0.369 e. The Hall–Kier alpha value is -1.64. The summed E-state index contributed by atoms with van der Waals surface area (Å²) in [6.07, 6.45) is 3.73. The SMILES string of the molecule is NCc1ccccc1COC1CCCc2ccccc21. The summed E-state index contributed by atoms with van der Waals surface area (Å²) in [5.41, 5.74) is 11.0. The van der Waals surface area contributed by atoms with Crippen LogP contribution in [-0.4, -0.2) is 0 Å². The van der Waals surface area contributed by atoms with Crippen molar-refractivity contribution in [3.05, 3.63) is 70.8 Å². The third-order valence-electron chi connectivity index (χ3n) is 4.09. The van der Waals surface area contributed by atoms with Gasteiger partial charge in [0.1, 0.15) is 0 Å². The van der Waals surface area contributed by atoms with Gasteiger partial charge in [0.15, 0.2) is 0 Å². The Morgan fingerprint density at radius 3 is 2.60 bits per heavy atom. The monoisotopic (exact) mass is 267 g/mol. The molecule has 0 spiro atoms. The van der Waals surface area contributed by atoms with Crippen LogP contribution in [0.1, 0.15) is 41.2 Å². The molecule has 2 heteroatoms. The van der Waals surface area contributed by atoms with Gasteiger partial charge in [-0.1, -0.05) is 48.5 Å². The number of hydrogen-bond acceptors (Lipinski definition) is 2. The molecule has 2 aromatic carbocycles. The van der Waals surface area contributed by atoms with E-state index in [0.717, 1.165) is 6.42 Å². The standard InChI is InChI=1S/C18H21NO/c19-12-15-7-1-2-8-16(15)13-20-18-11-5-9-14-6-3-4-10-17(14)18/h1-4,6-8,10,18H,5,9,11-13,19H2. The van der Waals surface area contributed by atoms with E-state index in [9.17, 15) is 0 Å². The van der Waals surface area contributed by atoms with Gasteiger partial charge in [-0.2, -0.15) is 0 Å². The number of benzene rings is 2. The van der Waals surface area contributed by atoms with Gasteiger partial charge >= 0.3 is 0 Å². The molecule has 2 N–H and O–H groups in total. The predicted octanol–water partition coefficient (Wildman–Crippen LogP) is 3.74. The predicted molar refractivity (Wildman–Crippen MR) is 81.2 cm³/mol. The van der Waals surface area contributed by atoms with Crippen molar-refractivity contribution in [3.8, 4) is 0 Å². The van der Waals surface area contributed by atoms with E-state index in [2.05, 4.69) is 36.4 Å². The molecule has 0 aliphatic heterocycles. The second-order valence-electron chi connectivity index (χ2n) is 5.36. The zero-order chi connectivity index (χ0) is 13.8. The van der Waals surface area contributed by atoms with Gasteiger partial charge in [0.05, 0.1) is 12.7 Å². The Bertz CT molecular complexity index is 579. The van der Waals surface area contributed by atoms with E-state index in [4.69, 9.17) is 10.5 Å². The number of nitrogens with two attached hydrogens (primary N) is 1. The van der Waals surface area contributed by atoms with Crippen LogP contribution in [0.4, 0.5) is 0 Å². The maximum atomic E-state index is 6.18. The Labute approximate surface area is 120 Å². The zero-order valence-corrected chi connectivity index (χ0v) is 11.7. The number of hydrogen-bond donors (Lipinski definition) is 1. The molecule has 1 aliphatic carbocycles. The van der Waals surface area contributed by atoms with Gasteiger partial charge in [0.25, 0.3) is 0 Å². The lowest BCUT2D eigenvalue weighted by Gasteiger charge is -2.26. The molecule has 0 bridgehead atoms. The van der Waals surface area contributed by atoms with Crippen molar-refractivity contribution in [3.63, 3.8) is 0 Å². The van der Waals surface area contributed by atoms with E-state index in [1.54, 1.807) is 0 Å². The molecule has 104 valence electrons. The van der Waals surface area contributed by atoms with Crippen LogP contribution in [0.5, 0.6) is 0 Å². The summed E-state index contributed by atoms with van der Waals surface area (Å²) in [7, 11) is 0. The molecule has 2 nitrogen and oxygen atoms in total. The summed E-state index contributed by atoms with van der Waals surface area (Å²) in [6.45, 7) is 1.22. The molecule has 1 aliphatic rings. The van der Waals surface area contributed by atoms with E-state index in [1.165, 1.54) is 35.1 Å². The summed E-state index contributed by atoms with van der Waals surface area (Å²) in [5, 5.41) is 0. The Morgan fingerprint density at radius 2 is 1.75 bits per heavy atom. The van der Waals surface area contributed by atoms with Gasteiger partial charge in [-0.3, -0.25) is 0 Å². The molecule has 20 heavy (non-hydrogen) atoms. The minimum atomic E-state index is 0.228. The molecule has 1 unspecified atom stereocenters. The molecular weight excluding hydrogens is 246 g/mol. The maximum absolute atomic E-state index is 6.18. The van der Waals surface area contributed by atoms with Gasteiger partial charge in [0, 0.05) is 6.54 Å². The first-order chi connectivity index (χ1) is 9.88. The number of fused-ring (bicyclic) bond motifs is 1. The van der Waals surface area contributed by atoms with Crippen LogP contribution in [0.25, 0.3) is 0 Å². The van der Waals surface area contributed by atoms with Crippen LogP contribution in [-0.2, 0) is 24.3 Å². The highest BCUT2D eigenvalue weighted by Gasteiger charge is 2.20. The fraction of sp³-hybridized carbons (Fsp3) is 0.333. The van der Waals surface area contributed by atoms with Crippen LogP contribution < -0.4 is 5.73 Å². The topological polar surface area (TPSA) is 35.2 Å². The van der Waals surface area contributed by atoms with Crippen molar-refractivity contribution in [1.82, 2.24) is 0 Å². The lowest BCUT2D eigenvalue weighted by Crippen LogP contribution is -2.13. The van der Waals surface area contributed by atoms with Crippen molar-refractivity contribution in [2.75, 3.05) is 0 Å². The normalized spacial score (nSPS) is 17.8. The molecule has 3 rings (SSSR count). The maximum Gasteiger partial charge on any atom is 0.0832 e. The van der Waals surface area contributed by atoms with Gasteiger partial charge in [-0.15, -0.1) is 0 Å². The van der Waals surface area contributed by atoms with Gasteiger partial charge in [0.2, 0.25) is 0 Å². The van der Waals surface area contributed by atoms with Crippen LogP contribution in [0.2, 0.25) is 0 Å². The molecule has 0 heterocycles. The Balaban J connectivity index is 1.73. The summed E-state index contributed by atoms with van der Waals surface area (Å²) in [5.74, 6) is 0. The number of rotatable bonds is 4.